The Labute approximate surface area is 162 Å². The van der Waals surface area contributed by atoms with Crippen molar-refractivity contribution in [3.8, 4) is 0 Å². The average Bonchev–Trinajstić information content (AvgIpc) is 2.66. The third-order valence-electron chi connectivity index (χ3n) is 4.72. The van der Waals surface area contributed by atoms with Gasteiger partial charge < -0.3 is 9.47 Å². The smallest absolute Gasteiger partial charge is 0.189 e. The van der Waals surface area contributed by atoms with Crippen LogP contribution in [0.2, 0.25) is 0 Å². The molecule has 0 atom stereocenters. The van der Waals surface area contributed by atoms with Crippen LogP contribution < -0.4 is 0 Å². The number of hydrogen-bond donors (Lipinski definition) is 0. The SMILES string of the molecule is CCCCCCCCCCCC=C(C=O)OCOCCCCCCCC. The van der Waals surface area contributed by atoms with Gasteiger partial charge in [-0.3, -0.25) is 4.79 Å². The Morgan fingerprint density at radius 3 is 1.73 bits per heavy atom. The Bertz CT molecular complexity index is 313. The highest BCUT2D eigenvalue weighted by atomic mass is 16.7. The summed E-state index contributed by atoms with van der Waals surface area (Å²) in [5.74, 6) is 0.424. The number of carbonyl (C=O) groups excluding carboxylic acids is 1. The minimum absolute atomic E-state index is 0.192. The fourth-order valence-electron chi connectivity index (χ4n) is 2.99. The summed E-state index contributed by atoms with van der Waals surface area (Å²) in [5.41, 5.74) is 0. The van der Waals surface area contributed by atoms with Gasteiger partial charge in [0.05, 0.1) is 6.61 Å². The molecule has 0 fully saturated rings. The molecule has 0 amide bonds. The van der Waals surface area contributed by atoms with Crippen LogP contribution in [0.15, 0.2) is 11.8 Å². The fraction of sp³-hybridized carbons (Fsp3) is 0.870. The van der Waals surface area contributed by atoms with E-state index in [2.05, 4.69) is 13.8 Å². The van der Waals surface area contributed by atoms with Crippen LogP contribution in [-0.2, 0) is 14.3 Å². The Balaban J connectivity index is 3.41. The van der Waals surface area contributed by atoms with Gasteiger partial charge in [0.25, 0.3) is 0 Å². The van der Waals surface area contributed by atoms with Gasteiger partial charge in [0.2, 0.25) is 0 Å². The van der Waals surface area contributed by atoms with E-state index in [-0.39, 0.29) is 6.79 Å². The summed E-state index contributed by atoms with van der Waals surface area (Å²) in [4.78, 5) is 11.0. The zero-order valence-electron chi connectivity index (χ0n) is 17.6. The maximum absolute atomic E-state index is 11.0. The molecule has 0 saturated heterocycles. The van der Waals surface area contributed by atoms with Gasteiger partial charge in [-0.2, -0.15) is 0 Å². The molecule has 0 aromatic heterocycles. The van der Waals surface area contributed by atoms with E-state index in [0.717, 1.165) is 32.2 Å². The first kappa shape index (κ1) is 25.2. The minimum atomic E-state index is 0.192. The number of unbranched alkanes of at least 4 members (excludes halogenated alkanes) is 14. The lowest BCUT2D eigenvalue weighted by Gasteiger charge is -2.07. The summed E-state index contributed by atoms with van der Waals surface area (Å²) in [7, 11) is 0. The maximum Gasteiger partial charge on any atom is 0.189 e. The van der Waals surface area contributed by atoms with E-state index in [0.29, 0.717) is 5.76 Å². The molecule has 0 radical (unpaired) electrons. The number of rotatable bonds is 21. The van der Waals surface area contributed by atoms with Crippen molar-refractivity contribution in [3.05, 3.63) is 11.8 Å². The molecule has 0 rings (SSSR count). The molecule has 0 N–H and O–H groups in total. The Morgan fingerprint density at radius 2 is 1.19 bits per heavy atom. The molecular formula is C23H44O3. The van der Waals surface area contributed by atoms with E-state index < -0.39 is 0 Å². The largest absolute Gasteiger partial charge is 0.464 e. The van der Waals surface area contributed by atoms with Gasteiger partial charge in [-0.25, -0.2) is 0 Å². The van der Waals surface area contributed by atoms with Crippen molar-refractivity contribution in [2.45, 2.75) is 117 Å². The van der Waals surface area contributed by atoms with Gasteiger partial charge in [-0.15, -0.1) is 0 Å². The molecule has 154 valence electrons. The zero-order chi connectivity index (χ0) is 19.1. The lowest BCUT2D eigenvalue weighted by Crippen LogP contribution is -2.02. The number of hydrogen-bond acceptors (Lipinski definition) is 3. The van der Waals surface area contributed by atoms with Crippen molar-refractivity contribution in [3.63, 3.8) is 0 Å². The lowest BCUT2D eigenvalue weighted by atomic mass is 10.1. The van der Waals surface area contributed by atoms with Gasteiger partial charge in [-0.1, -0.05) is 97.3 Å². The molecule has 0 spiro atoms. The highest BCUT2D eigenvalue weighted by Gasteiger charge is 1.97. The molecule has 0 aliphatic rings. The Hall–Kier alpha value is -0.830. The Kier molecular flexibility index (Phi) is 21.5. The van der Waals surface area contributed by atoms with Crippen molar-refractivity contribution in [1.29, 1.82) is 0 Å². The standard InChI is InChI=1S/C23H44O3/c1-3-5-7-9-11-12-13-14-15-17-19-23(21-24)26-22-25-20-18-16-10-8-6-4-2/h19,21H,3-18,20,22H2,1-2H3. The Morgan fingerprint density at radius 1 is 0.692 bits per heavy atom. The van der Waals surface area contributed by atoms with Gasteiger partial charge in [-0.05, 0) is 25.3 Å². The van der Waals surface area contributed by atoms with E-state index in [1.54, 1.807) is 0 Å². The molecule has 0 aromatic rings. The molecule has 0 aromatic carbocycles. The van der Waals surface area contributed by atoms with Crippen LogP contribution in [0, 0.1) is 0 Å². The van der Waals surface area contributed by atoms with Crippen molar-refractivity contribution in [1.82, 2.24) is 0 Å². The molecule has 0 aliphatic carbocycles. The first-order valence-electron chi connectivity index (χ1n) is 11.2. The highest BCUT2D eigenvalue weighted by molar-refractivity contribution is 5.69. The van der Waals surface area contributed by atoms with Crippen LogP contribution in [0.4, 0.5) is 0 Å². The summed E-state index contributed by atoms with van der Waals surface area (Å²) < 4.78 is 10.8. The summed E-state index contributed by atoms with van der Waals surface area (Å²) >= 11 is 0. The fourth-order valence-corrected chi connectivity index (χ4v) is 2.99. The summed E-state index contributed by atoms with van der Waals surface area (Å²) in [5, 5.41) is 0. The molecule has 3 nitrogen and oxygen atoms in total. The highest BCUT2D eigenvalue weighted by Crippen LogP contribution is 2.11. The number of allylic oxidation sites excluding steroid dienone is 2. The van der Waals surface area contributed by atoms with E-state index in [4.69, 9.17) is 9.47 Å². The van der Waals surface area contributed by atoms with Gasteiger partial charge in [0.15, 0.2) is 18.8 Å². The van der Waals surface area contributed by atoms with Crippen molar-refractivity contribution in [2.75, 3.05) is 13.4 Å². The predicted molar refractivity (Wildman–Crippen MR) is 111 cm³/mol. The summed E-state index contributed by atoms with van der Waals surface area (Å²) in [6.45, 7) is 5.40. The molecule has 0 saturated carbocycles. The third kappa shape index (κ3) is 19.5. The second-order valence-corrected chi connectivity index (χ2v) is 7.28. The van der Waals surface area contributed by atoms with Crippen molar-refractivity contribution < 1.29 is 14.3 Å². The van der Waals surface area contributed by atoms with Crippen LogP contribution in [-0.4, -0.2) is 19.7 Å². The predicted octanol–water partition coefficient (Wildman–Crippen LogP) is 7.34. The van der Waals surface area contributed by atoms with E-state index >= 15 is 0 Å². The monoisotopic (exact) mass is 368 g/mol. The first-order valence-corrected chi connectivity index (χ1v) is 11.2. The van der Waals surface area contributed by atoms with Crippen LogP contribution in [0.5, 0.6) is 0 Å². The zero-order valence-corrected chi connectivity index (χ0v) is 17.6. The normalized spacial score (nSPS) is 11.7. The second-order valence-electron chi connectivity index (χ2n) is 7.28. The van der Waals surface area contributed by atoms with Gasteiger partial charge in [0, 0.05) is 0 Å². The quantitative estimate of drug-likeness (QED) is 0.0698. The van der Waals surface area contributed by atoms with E-state index in [9.17, 15) is 4.79 Å². The molecule has 0 aliphatic heterocycles. The second kappa shape index (κ2) is 22.2. The van der Waals surface area contributed by atoms with E-state index in [1.807, 2.05) is 6.08 Å². The molecule has 26 heavy (non-hydrogen) atoms. The molecule has 0 unspecified atom stereocenters. The first-order chi connectivity index (χ1) is 12.8. The van der Waals surface area contributed by atoms with Crippen molar-refractivity contribution >= 4 is 6.29 Å². The van der Waals surface area contributed by atoms with E-state index in [1.165, 1.54) is 83.5 Å². The topological polar surface area (TPSA) is 35.5 Å². The number of ether oxygens (including phenoxy) is 2. The summed E-state index contributed by atoms with van der Waals surface area (Å²) in [6, 6.07) is 0. The van der Waals surface area contributed by atoms with Crippen LogP contribution in [0.1, 0.15) is 117 Å². The van der Waals surface area contributed by atoms with Crippen LogP contribution in [0.25, 0.3) is 0 Å². The van der Waals surface area contributed by atoms with Gasteiger partial charge >= 0.3 is 0 Å². The molecule has 3 heteroatoms. The molecule has 0 heterocycles. The van der Waals surface area contributed by atoms with Crippen molar-refractivity contribution in [2.24, 2.45) is 0 Å². The number of aldehydes is 1. The van der Waals surface area contributed by atoms with Crippen LogP contribution in [0.3, 0.4) is 0 Å². The minimum Gasteiger partial charge on any atom is -0.464 e. The number of carbonyl (C=O) groups is 1. The molecule has 0 bridgehead atoms. The summed E-state index contributed by atoms with van der Waals surface area (Å²) in [6.07, 6.45) is 23.0. The average molecular weight is 369 g/mol. The maximum atomic E-state index is 11.0. The lowest BCUT2D eigenvalue weighted by molar-refractivity contribution is -0.111. The molecular weight excluding hydrogens is 324 g/mol. The third-order valence-corrected chi connectivity index (χ3v) is 4.72. The van der Waals surface area contributed by atoms with Crippen LogP contribution >= 0.6 is 0 Å². The van der Waals surface area contributed by atoms with Gasteiger partial charge in [0.1, 0.15) is 0 Å².